The molecule has 1 aliphatic carbocycles. The van der Waals surface area contributed by atoms with Crippen LogP contribution in [0.2, 0.25) is 0 Å². The minimum atomic E-state index is 0.835. The lowest BCUT2D eigenvalue weighted by molar-refractivity contribution is 0.194. The first-order valence-electron chi connectivity index (χ1n) is 7.30. The molecule has 0 aromatic rings. The predicted octanol–water partition coefficient (Wildman–Crippen LogP) is 2.78. The molecule has 1 aliphatic heterocycles. The number of nitrogens with one attached hydrogen (secondary N) is 1. The van der Waals surface area contributed by atoms with E-state index in [2.05, 4.69) is 24.1 Å². The Morgan fingerprint density at radius 3 is 2.62 bits per heavy atom. The average molecular weight is 224 g/mol. The standard InChI is InChI=1S/C14H28N2/c1-3-14-9-6-12(2)16(14)11-5-4-10-15-13-7-8-13/h12-15H,3-11H2,1-2H3. The summed E-state index contributed by atoms with van der Waals surface area (Å²) in [6.07, 6.45) is 9.75. The Morgan fingerprint density at radius 1 is 1.12 bits per heavy atom. The Hall–Kier alpha value is -0.0800. The fraction of sp³-hybridized carbons (Fsp3) is 1.00. The van der Waals surface area contributed by atoms with Crippen molar-refractivity contribution >= 4 is 0 Å². The Morgan fingerprint density at radius 2 is 1.94 bits per heavy atom. The van der Waals surface area contributed by atoms with E-state index in [1.807, 2.05) is 0 Å². The number of unbranched alkanes of at least 4 members (excludes halogenated alkanes) is 1. The van der Waals surface area contributed by atoms with Gasteiger partial charge in [-0.05, 0) is 65.0 Å². The molecule has 2 aliphatic rings. The number of nitrogens with zero attached hydrogens (tertiary/aromatic N) is 1. The van der Waals surface area contributed by atoms with Crippen LogP contribution in [-0.2, 0) is 0 Å². The van der Waals surface area contributed by atoms with Gasteiger partial charge >= 0.3 is 0 Å². The molecular weight excluding hydrogens is 196 g/mol. The van der Waals surface area contributed by atoms with Crippen LogP contribution in [0.5, 0.6) is 0 Å². The summed E-state index contributed by atoms with van der Waals surface area (Å²) in [4.78, 5) is 2.75. The molecule has 2 heteroatoms. The first kappa shape index (κ1) is 12.4. The molecule has 0 aromatic carbocycles. The van der Waals surface area contributed by atoms with E-state index in [1.165, 1.54) is 58.0 Å². The van der Waals surface area contributed by atoms with E-state index in [0.29, 0.717) is 0 Å². The van der Waals surface area contributed by atoms with Crippen LogP contribution in [0.1, 0.15) is 58.8 Å². The minimum absolute atomic E-state index is 0.835. The van der Waals surface area contributed by atoms with Gasteiger partial charge in [-0.2, -0.15) is 0 Å². The lowest BCUT2D eigenvalue weighted by Crippen LogP contribution is -2.35. The van der Waals surface area contributed by atoms with Gasteiger partial charge in [0.05, 0.1) is 0 Å². The van der Waals surface area contributed by atoms with Gasteiger partial charge < -0.3 is 5.32 Å². The summed E-state index contributed by atoms with van der Waals surface area (Å²) in [5.74, 6) is 0. The molecule has 2 nitrogen and oxygen atoms in total. The van der Waals surface area contributed by atoms with E-state index in [4.69, 9.17) is 0 Å². The van der Waals surface area contributed by atoms with E-state index in [-0.39, 0.29) is 0 Å². The highest BCUT2D eigenvalue weighted by atomic mass is 15.2. The van der Waals surface area contributed by atoms with Gasteiger partial charge in [0.25, 0.3) is 0 Å². The van der Waals surface area contributed by atoms with Crippen molar-refractivity contribution < 1.29 is 0 Å². The van der Waals surface area contributed by atoms with Gasteiger partial charge in [-0.25, -0.2) is 0 Å². The third-order valence-corrected chi connectivity index (χ3v) is 4.28. The van der Waals surface area contributed by atoms with Gasteiger partial charge in [-0.3, -0.25) is 4.90 Å². The van der Waals surface area contributed by atoms with E-state index in [9.17, 15) is 0 Å². The van der Waals surface area contributed by atoms with Crippen LogP contribution >= 0.6 is 0 Å². The van der Waals surface area contributed by atoms with Crippen molar-refractivity contribution in [1.29, 1.82) is 0 Å². The van der Waals surface area contributed by atoms with E-state index >= 15 is 0 Å². The van der Waals surface area contributed by atoms with Gasteiger partial charge in [0.15, 0.2) is 0 Å². The number of rotatable bonds is 7. The zero-order chi connectivity index (χ0) is 11.4. The fourth-order valence-electron chi connectivity index (χ4n) is 2.98. The summed E-state index contributed by atoms with van der Waals surface area (Å²) in [6.45, 7) is 7.30. The monoisotopic (exact) mass is 224 g/mol. The third-order valence-electron chi connectivity index (χ3n) is 4.28. The van der Waals surface area contributed by atoms with Crippen molar-refractivity contribution in [1.82, 2.24) is 10.2 Å². The Labute approximate surface area is 101 Å². The van der Waals surface area contributed by atoms with Crippen LogP contribution in [0.25, 0.3) is 0 Å². The molecule has 0 radical (unpaired) electrons. The molecule has 2 atom stereocenters. The van der Waals surface area contributed by atoms with Crippen molar-refractivity contribution in [3.8, 4) is 0 Å². The SMILES string of the molecule is CCC1CCC(C)N1CCCCNC1CC1. The summed E-state index contributed by atoms with van der Waals surface area (Å²) in [5.41, 5.74) is 0. The van der Waals surface area contributed by atoms with Crippen LogP contribution in [0.15, 0.2) is 0 Å². The largest absolute Gasteiger partial charge is 0.314 e. The molecule has 16 heavy (non-hydrogen) atoms. The van der Waals surface area contributed by atoms with Gasteiger partial charge in [-0.1, -0.05) is 6.92 Å². The highest BCUT2D eigenvalue weighted by Crippen LogP contribution is 2.26. The molecule has 0 aromatic heterocycles. The summed E-state index contributed by atoms with van der Waals surface area (Å²) in [5, 5.41) is 3.60. The minimum Gasteiger partial charge on any atom is -0.314 e. The first-order chi connectivity index (χ1) is 7.81. The highest BCUT2D eigenvalue weighted by Gasteiger charge is 2.28. The summed E-state index contributed by atoms with van der Waals surface area (Å²) >= 11 is 0. The van der Waals surface area contributed by atoms with Crippen LogP contribution < -0.4 is 5.32 Å². The molecule has 2 fully saturated rings. The van der Waals surface area contributed by atoms with Crippen molar-refractivity contribution in [2.24, 2.45) is 0 Å². The lowest BCUT2D eigenvalue weighted by atomic mass is 10.1. The Bertz CT molecular complexity index is 201. The second kappa shape index (κ2) is 6.02. The van der Waals surface area contributed by atoms with Crippen LogP contribution in [0.4, 0.5) is 0 Å². The smallest absolute Gasteiger partial charge is 0.00960 e. The van der Waals surface area contributed by atoms with Crippen molar-refractivity contribution in [3.63, 3.8) is 0 Å². The predicted molar refractivity (Wildman–Crippen MR) is 69.7 cm³/mol. The summed E-state index contributed by atoms with van der Waals surface area (Å²) < 4.78 is 0. The van der Waals surface area contributed by atoms with Crippen LogP contribution in [-0.4, -0.2) is 36.1 Å². The molecule has 1 N–H and O–H groups in total. The Balaban J connectivity index is 1.56. The molecule has 0 bridgehead atoms. The molecule has 1 heterocycles. The lowest BCUT2D eigenvalue weighted by Gasteiger charge is -2.27. The van der Waals surface area contributed by atoms with Gasteiger partial charge in [0, 0.05) is 18.1 Å². The molecular formula is C14H28N2. The maximum atomic E-state index is 3.60. The van der Waals surface area contributed by atoms with Gasteiger partial charge in [0.2, 0.25) is 0 Å². The average Bonchev–Trinajstić information content (AvgIpc) is 3.04. The maximum absolute atomic E-state index is 3.60. The van der Waals surface area contributed by atoms with E-state index in [0.717, 1.165) is 18.1 Å². The molecule has 1 saturated carbocycles. The van der Waals surface area contributed by atoms with Crippen molar-refractivity contribution in [3.05, 3.63) is 0 Å². The normalized spacial score (nSPS) is 31.1. The number of likely N-dealkylation sites (tertiary alicyclic amines) is 1. The second-order valence-electron chi connectivity index (χ2n) is 5.66. The third kappa shape index (κ3) is 3.46. The Kier molecular flexibility index (Phi) is 4.66. The first-order valence-corrected chi connectivity index (χ1v) is 7.30. The highest BCUT2D eigenvalue weighted by molar-refractivity contribution is 4.84. The molecule has 0 amide bonds. The molecule has 1 saturated heterocycles. The molecule has 0 spiro atoms. The maximum Gasteiger partial charge on any atom is 0.00960 e. The summed E-state index contributed by atoms with van der Waals surface area (Å²) in [7, 11) is 0. The van der Waals surface area contributed by atoms with Crippen molar-refractivity contribution in [2.75, 3.05) is 13.1 Å². The van der Waals surface area contributed by atoms with Crippen LogP contribution in [0.3, 0.4) is 0 Å². The molecule has 2 rings (SSSR count). The summed E-state index contributed by atoms with van der Waals surface area (Å²) in [6, 6.07) is 2.60. The van der Waals surface area contributed by atoms with Crippen molar-refractivity contribution in [2.45, 2.75) is 76.9 Å². The quantitative estimate of drug-likeness (QED) is 0.669. The van der Waals surface area contributed by atoms with E-state index < -0.39 is 0 Å². The van der Waals surface area contributed by atoms with Gasteiger partial charge in [0.1, 0.15) is 0 Å². The van der Waals surface area contributed by atoms with Crippen LogP contribution in [0, 0.1) is 0 Å². The zero-order valence-corrected chi connectivity index (χ0v) is 11.0. The zero-order valence-electron chi connectivity index (χ0n) is 11.0. The fourth-order valence-corrected chi connectivity index (χ4v) is 2.98. The molecule has 94 valence electrons. The second-order valence-corrected chi connectivity index (χ2v) is 5.66. The number of hydrogen-bond acceptors (Lipinski definition) is 2. The topological polar surface area (TPSA) is 15.3 Å². The van der Waals surface area contributed by atoms with Gasteiger partial charge in [-0.15, -0.1) is 0 Å². The number of hydrogen-bond donors (Lipinski definition) is 1. The molecule has 2 unspecified atom stereocenters. The van der Waals surface area contributed by atoms with E-state index in [1.54, 1.807) is 0 Å².